The van der Waals surface area contributed by atoms with E-state index in [9.17, 15) is 9.59 Å². The summed E-state index contributed by atoms with van der Waals surface area (Å²) in [6, 6.07) is -0.721. The monoisotopic (exact) mass is 226 g/mol. The van der Waals surface area contributed by atoms with Crippen molar-refractivity contribution in [2.75, 3.05) is 7.11 Å². The van der Waals surface area contributed by atoms with Crippen LogP contribution in [0.4, 0.5) is 0 Å². The zero-order valence-electron chi connectivity index (χ0n) is 9.40. The van der Waals surface area contributed by atoms with E-state index >= 15 is 0 Å². The molecule has 0 saturated heterocycles. The third-order valence-electron chi connectivity index (χ3n) is 1.97. The summed E-state index contributed by atoms with van der Waals surface area (Å²) in [6.07, 6.45) is 0.660. The number of amides is 1. The quantitative estimate of drug-likeness (QED) is 0.684. The van der Waals surface area contributed by atoms with Crippen LogP contribution in [-0.4, -0.2) is 40.2 Å². The Balaban J connectivity index is 2.61. The summed E-state index contributed by atoms with van der Waals surface area (Å²) in [5.41, 5.74) is 0. The molecule has 7 nitrogen and oxygen atoms in total. The average molecular weight is 226 g/mol. The normalized spacial score (nSPS) is 11.9. The molecule has 0 fully saturated rings. The highest BCUT2D eigenvalue weighted by molar-refractivity contribution is 5.93. The molecule has 2 N–H and O–H groups in total. The third kappa shape index (κ3) is 2.78. The maximum absolute atomic E-state index is 11.5. The highest BCUT2D eigenvalue weighted by atomic mass is 16.5. The Bertz CT molecular complexity index is 388. The van der Waals surface area contributed by atoms with E-state index in [1.807, 2.05) is 6.92 Å². The Morgan fingerprint density at radius 1 is 1.56 bits per heavy atom. The lowest BCUT2D eigenvalue weighted by Gasteiger charge is -2.09. The summed E-state index contributed by atoms with van der Waals surface area (Å²) in [7, 11) is 1.26. The van der Waals surface area contributed by atoms with Crippen molar-refractivity contribution < 1.29 is 14.3 Å². The lowest BCUT2D eigenvalue weighted by Crippen LogP contribution is -2.39. The van der Waals surface area contributed by atoms with Gasteiger partial charge in [-0.3, -0.25) is 9.89 Å². The fourth-order valence-electron chi connectivity index (χ4n) is 1.05. The summed E-state index contributed by atoms with van der Waals surface area (Å²) in [5, 5.41) is 8.77. The van der Waals surface area contributed by atoms with Gasteiger partial charge in [0.25, 0.3) is 5.91 Å². The van der Waals surface area contributed by atoms with Crippen molar-refractivity contribution in [3.63, 3.8) is 0 Å². The molecule has 0 saturated carbocycles. The first-order chi connectivity index (χ1) is 7.58. The van der Waals surface area contributed by atoms with Gasteiger partial charge in [-0.2, -0.15) is 0 Å². The molecular weight excluding hydrogens is 212 g/mol. The molecule has 0 aromatic carbocycles. The predicted molar refractivity (Wildman–Crippen MR) is 54.7 cm³/mol. The first kappa shape index (κ1) is 12.2. The predicted octanol–water partition coefficient (Wildman–Crippen LogP) is -0.342. The molecule has 1 amide bonds. The van der Waals surface area contributed by atoms with Gasteiger partial charge >= 0.3 is 5.97 Å². The van der Waals surface area contributed by atoms with Crippen LogP contribution >= 0.6 is 0 Å². The van der Waals surface area contributed by atoms with Gasteiger partial charge in [0.1, 0.15) is 11.9 Å². The second-order valence-electron chi connectivity index (χ2n) is 3.18. The Hall–Kier alpha value is -1.92. The van der Waals surface area contributed by atoms with Crippen molar-refractivity contribution >= 4 is 11.9 Å². The minimum atomic E-state index is -0.721. The van der Waals surface area contributed by atoms with Gasteiger partial charge in [-0.15, -0.1) is 5.10 Å². The van der Waals surface area contributed by atoms with Crippen LogP contribution in [-0.2, 0) is 16.0 Å². The SMILES string of the molecule is CCc1nc(C(=O)NC(C)C(=O)OC)n[nH]1. The molecule has 0 radical (unpaired) electrons. The first-order valence-electron chi connectivity index (χ1n) is 4.88. The second kappa shape index (κ2) is 5.24. The van der Waals surface area contributed by atoms with Gasteiger partial charge in [0.15, 0.2) is 0 Å². The molecule has 0 spiro atoms. The molecule has 16 heavy (non-hydrogen) atoms. The smallest absolute Gasteiger partial charge is 0.328 e. The van der Waals surface area contributed by atoms with E-state index in [2.05, 4.69) is 25.2 Å². The maximum atomic E-state index is 11.5. The van der Waals surface area contributed by atoms with E-state index in [1.165, 1.54) is 14.0 Å². The summed E-state index contributed by atoms with van der Waals surface area (Å²) >= 11 is 0. The van der Waals surface area contributed by atoms with Gasteiger partial charge in [0, 0.05) is 6.42 Å². The van der Waals surface area contributed by atoms with Crippen LogP contribution in [0.15, 0.2) is 0 Å². The fourth-order valence-corrected chi connectivity index (χ4v) is 1.05. The molecule has 0 aliphatic carbocycles. The minimum absolute atomic E-state index is 0.0209. The number of aryl methyl sites for hydroxylation is 1. The number of esters is 1. The van der Waals surface area contributed by atoms with Crippen molar-refractivity contribution in [3.05, 3.63) is 11.6 Å². The summed E-state index contributed by atoms with van der Waals surface area (Å²) in [5.74, 6) is -0.378. The number of methoxy groups -OCH3 is 1. The van der Waals surface area contributed by atoms with Gasteiger partial charge in [-0.25, -0.2) is 9.78 Å². The van der Waals surface area contributed by atoms with E-state index in [4.69, 9.17) is 0 Å². The van der Waals surface area contributed by atoms with Gasteiger partial charge < -0.3 is 10.1 Å². The highest BCUT2D eigenvalue weighted by Gasteiger charge is 2.19. The van der Waals surface area contributed by atoms with Crippen molar-refractivity contribution in [3.8, 4) is 0 Å². The van der Waals surface area contributed by atoms with Crippen LogP contribution in [0.3, 0.4) is 0 Å². The maximum Gasteiger partial charge on any atom is 0.328 e. The average Bonchev–Trinajstić information content (AvgIpc) is 2.76. The Kier molecular flexibility index (Phi) is 3.98. The number of nitrogens with zero attached hydrogens (tertiary/aromatic N) is 2. The van der Waals surface area contributed by atoms with Crippen molar-refractivity contribution in [1.82, 2.24) is 20.5 Å². The number of ether oxygens (including phenoxy) is 1. The lowest BCUT2D eigenvalue weighted by molar-refractivity contribution is -0.142. The largest absolute Gasteiger partial charge is 0.467 e. The van der Waals surface area contributed by atoms with Crippen LogP contribution in [0.25, 0.3) is 0 Å². The summed E-state index contributed by atoms with van der Waals surface area (Å²) < 4.78 is 4.47. The van der Waals surface area contributed by atoms with Crippen LogP contribution in [0.1, 0.15) is 30.3 Å². The van der Waals surface area contributed by atoms with E-state index < -0.39 is 17.9 Å². The Morgan fingerprint density at radius 3 is 2.75 bits per heavy atom. The van der Waals surface area contributed by atoms with E-state index in [0.717, 1.165) is 0 Å². The van der Waals surface area contributed by atoms with Gasteiger partial charge in [0.2, 0.25) is 5.82 Å². The topological polar surface area (TPSA) is 97.0 Å². The molecule has 7 heteroatoms. The summed E-state index contributed by atoms with van der Waals surface area (Å²) in [4.78, 5) is 26.5. The first-order valence-corrected chi connectivity index (χ1v) is 4.88. The Labute approximate surface area is 92.6 Å². The van der Waals surface area contributed by atoms with Crippen LogP contribution in [0.2, 0.25) is 0 Å². The minimum Gasteiger partial charge on any atom is -0.467 e. The van der Waals surface area contributed by atoms with Crippen LogP contribution in [0, 0.1) is 0 Å². The number of hydrogen-bond acceptors (Lipinski definition) is 5. The number of H-pyrrole nitrogens is 1. The zero-order chi connectivity index (χ0) is 12.1. The number of nitrogens with one attached hydrogen (secondary N) is 2. The molecule has 1 aromatic rings. The molecule has 0 aliphatic rings. The third-order valence-corrected chi connectivity index (χ3v) is 1.97. The Morgan fingerprint density at radius 2 is 2.25 bits per heavy atom. The van der Waals surface area contributed by atoms with Gasteiger partial charge in [-0.1, -0.05) is 6.92 Å². The van der Waals surface area contributed by atoms with Crippen molar-refractivity contribution in [2.24, 2.45) is 0 Å². The zero-order valence-corrected chi connectivity index (χ0v) is 9.40. The molecule has 1 heterocycles. The molecule has 0 bridgehead atoms. The second-order valence-corrected chi connectivity index (χ2v) is 3.18. The molecule has 1 rings (SSSR count). The van der Waals surface area contributed by atoms with E-state index in [-0.39, 0.29) is 5.82 Å². The van der Waals surface area contributed by atoms with Crippen molar-refractivity contribution in [1.29, 1.82) is 0 Å². The molecule has 1 atom stereocenters. The van der Waals surface area contributed by atoms with E-state index in [1.54, 1.807) is 0 Å². The standard InChI is InChI=1S/C9H14N4O3/c1-4-6-11-7(13-12-6)8(14)10-5(2)9(15)16-3/h5H,4H2,1-3H3,(H,10,14)(H,11,12,13). The lowest BCUT2D eigenvalue weighted by atomic mass is 10.3. The number of aromatic amines is 1. The van der Waals surface area contributed by atoms with Gasteiger partial charge in [-0.05, 0) is 6.92 Å². The number of carbonyl (C=O) groups excluding carboxylic acids is 2. The molecule has 88 valence electrons. The number of rotatable bonds is 4. The number of carbonyl (C=O) groups is 2. The number of aromatic nitrogens is 3. The molecule has 0 aliphatic heterocycles. The van der Waals surface area contributed by atoms with Gasteiger partial charge in [0.05, 0.1) is 7.11 Å². The molecular formula is C9H14N4O3. The fraction of sp³-hybridized carbons (Fsp3) is 0.556. The van der Waals surface area contributed by atoms with E-state index in [0.29, 0.717) is 12.2 Å². The summed E-state index contributed by atoms with van der Waals surface area (Å²) in [6.45, 7) is 3.41. The molecule has 1 aromatic heterocycles. The van der Waals surface area contributed by atoms with Crippen LogP contribution in [0.5, 0.6) is 0 Å². The van der Waals surface area contributed by atoms with Crippen molar-refractivity contribution in [2.45, 2.75) is 26.3 Å². The van der Waals surface area contributed by atoms with Crippen LogP contribution < -0.4 is 5.32 Å². The number of hydrogen-bond donors (Lipinski definition) is 2. The highest BCUT2D eigenvalue weighted by Crippen LogP contribution is 1.95. The molecule has 1 unspecified atom stereocenters.